The molecule has 0 saturated carbocycles. The van der Waals surface area contributed by atoms with E-state index in [-0.39, 0.29) is 5.91 Å². The monoisotopic (exact) mass is 276 g/mol. The number of nitrogens with zero attached hydrogens (tertiary/aromatic N) is 2. The minimum absolute atomic E-state index is 0.127. The van der Waals surface area contributed by atoms with Crippen molar-refractivity contribution in [2.45, 2.75) is 20.3 Å². The Bertz CT molecular complexity index is 467. The zero-order valence-corrected chi connectivity index (χ0v) is 12.4. The molecule has 5 nitrogen and oxygen atoms in total. The molecule has 5 heteroatoms. The second-order valence-corrected chi connectivity index (χ2v) is 5.31. The number of hydrazine groups is 1. The quantitative estimate of drug-likeness (QED) is 0.645. The van der Waals surface area contributed by atoms with E-state index in [4.69, 9.17) is 5.84 Å². The van der Waals surface area contributed by atoms with Crippen LogP contribution in [0.25, 0.3) is 0 Å². The van der Waals surface area contributed by atoms with E-state index in [0.29, 0.717) is 0 Å². The Balaban J connectivity index is 2.02. The molecule has 20 heavy (non-hydrogen) atoms. The Labute approximate surface area is 120 Å². The summed E-state index contributed by atoms with van der Waals surface area (Å²) in [5.74, 6) is 5.51. The average molecular weight is 276 g/mol. The van der Waals surface area contributed by atoms with Crippen LogP contribution in [-0.2, 0) is 0 Å². The lowest BCUT2D eigenvalue weighted by molar-refractivity contribution is 0.0637. The first-order valence-electron chi connectivity index (χ1n) is 7.24. The number of rotatable bonds is 4. The van der Waals surface area contributed by atoms with E-state index < -0.39 is 0 Å². The maximum absolute atomic E-state index is 12.5. The van der Waals surface area contributed by atoms with Crippen molar-refractivity contribution >= 4 is 11.6 Å². The van der Waals surface area contributed by atoms with Gasteiger partial charge in [-0.15, -0.1) is 0 Å². The predicted molar refractivity (Wildman–Crippen MR) is 81.6 cm³/mol. The number of anilines is 1. The fourth-order valence-electron chi connectivity index (χ4n) is 2.65. The van der Waals surface area contributed by atoms with Crippen molar-refractivity contribution in [2.75, 3.05) is 38.1 Å². The van der Waals surface area contributed by atoms with Crippen LogP contribution >= 0.6 is 0 Å². The lowest BCUT2D eigenvalue weighted by atomic mass is 10.1. The van der Waals surface area contributed by atoms with Crippen molar-refractivity contribution in [1.82, 2.24) is 9.80 Å². The first-order chi connectivity index (χ1) is 9.65. The van der Waals surface area contributed by atoms with Gasteiger partial charge >= 0.3 is 0 Å². The molecule has 1 aliphatic heterocycles. The van der Waals surface area contributed by atoms with Crippen LogP contribution in [0.3, 0.4) is 0 Å². The minimum Gasteiger partial charge on any atom is -0.336 e. The molecule has 0 atom stereocenters. The molecule has 0 aliphatic carbocycles. The van der Waals surface area contributed by atoms with Gasteiger partial charge in [0.05, 0.1) is 0 Å². The van der Waals surface area contributed by atoms with Gasteiger partial charge in [-0.1, -0.05) is 6.92 Å². The topological polar surface area (TPSA) is 61.6 Å². The maximum atomic E-state index is 12.5. The number of nitrogen functional groups attached to an aromatic ring is 1. The number of aryl methyl sites for hydroxylation is 1. The molecule has 1 aromatic carbocycles. The van der Waals surface area contributed by atoms with Crippen LogP contribution in [0.4, 0.5) is 5.69 Å². The zero-order valence-electron chi connectivity index (χ0n) is 12.4. The Morgan fingerprint density at radius 3 is 2.55 bits per heavy atom. The molecule has 1 heterocycles. The smallest absolute Gasteiger partial charge is 0.254 e. The lowest BCUT2D eigenvalue weighted by Gasteiger charge is -2.34. The fourth-order valence-corrected chi connectivity index (χ4v) is 2.65. The number of nitrogens with one attached hydrogen (secondary N) is 1. The van der Waals surface area contributed by atoms with Crippen LogP contribution in [0.5, 0.6) is 0 Å². The van der Waals surface area contributed by atoms with Gasteiger partial charge in [0.15, 0.2) is 0 Å². The highest BCUT2D eigenvalue weighted by Gasteiger charge is 2.22. The highest BCUT2D eigenvalue weighted by Crippen LogP contribution is 2.17. The molecule has 0 spiro atoms. The first kappa shape index (κ1) is 14.8. The number of carbonyl (C=O) groups is 1. The van der Waals surface area contributed by atoms with Crippen molar-refractivity contribution < 1.29 is 4.79 Å². The molecule has 0 bridgehead atoms. The van der Waals surface area contributed by atoms with Gasteiger partial charge in [0, 0.05) is 37.4 Å². The molecule has 0 unspecified atom stereocenters. The summed E-state index contributed by atoms with van der Waals surface area (Å²) in [5, 5.41) is 0. The molecular formula is C15H24N4O. The number of nitrogens with two attached hydrogens (primary N) is 1. The number of amides is 1. The number of hydrogen-bond donors (Lipinski definition) is 2. The molecule has 1 saturated heterocycles. The molecule has 110 valence electrons. The van der Waals surface area contributed by atoms with Gasteiger partial charge in [-0.3, -0.25) is 15.5 Å². The molecule has 0 radical (unpaired) electrons. The van der Waals surface area contributed by atoms with E-state index in [1.807, 2.05) is 30.0 Å². The highest BCUT2D eigenvalue weighted by molar-refractivity contribution is 5.96. The second kappa shape index (κ2) is 6.72. The third kappa shape index (κ3) is 3.29. The van der Waals surface area contributed by atoms with Crippen LogP contribution in [0, 0.1) is 6.92 Å². The molecule has 1 fully saturated rings. The van der Waals surface area contributed by atoms with Crippen molar-refractivity contribution in [3.63, 3.8) is 0 Å². The van der Waals surface area contributed by atoms with Crippen molar-refractivity contribution in [3.05, 3.63) is 29.3 Å². The Morgan fingerprint density at radius 1 is 1.30 bits per heavy atom. The summed E-state index contributed by atoms with van der Waals surface area (Å²) < 4.78 is 0. The van der Waals surface area contributed by atoms with E-state index in [2.05, 4.69) is 17.2 Å². The number of piperazine rings is 1. The lowest BCUT2D eigenvalue weighted by Crippen LogP contribution is -2.48. The SMILES string of the molecule is CCCN1CCN(C(=O)c2ccc(NN)cc2C)CC1. The molecule has 2 rings (SSSR count). The third-order valence-corrected chi connectivity index (χ3v) is 3.82. The molecular weight excluding hydrogens is 252 g/mol. The van der Waals surface area contributed by atoms with E-state index in [0.717, 1.165) is 49.5 Å². The van der Waals surface area contributed by atoms with Gasteiger partial charge in [-0.2, -0.15) is 0 Å². The van der Waals surface area contributed by atoms with Crippen LogP contribution in [0.1, 0.15) is 29.3 Å². The number of hydrogen-bond acceptors (Lipinski definition) is 4. The normalized spacial score (nSPS) is 16.2. The van der Waals surface area contributed by atoms with E-state index in [1.54, 1.807) is 0 Å². The van der Waals surface area contributed by atoms with Gasteiger partial charge in [0.25, 0.3) is 5.91 Å². The van der Waals surface area contributed by atoms with Crippen molar-refractivity contribution in [3.8, 4) is 0 Å². The average Bonchev–Trinajstić information content (AvgIpc) is 2.47. The van der Waals surface area contributed by atoms with Crippen molar-refractivity contribution in [1.29, 1.82) is 0 Å². The summed E-state index contributed by atoms with van der Waals surface area (Å²) >= 11 is 0. The summed E-state index contributed by atoms with van der Waals surface area (Å²) in [6.07, 6.45) is 1.17. The van der Waals surface area contributed by atoms with Crippen molar-refractivity contribution in [2.24, 2.45) is 5.84 Å². The van der Waals surface area contributed by atoms with E-state index >= 15 is 0 Å². The van der Waals surface area contributed by atoms with E-state index in [1.165, 1.54) is 6.42 Å². The first-order valence-corrected chi connectivity index (χ1v) is 7.24. The molecule has 1 aliphatic rings. The van der Waals surface area contributed by atoms with Crippen LogP contribution in [0.2, 0.25) is 0 Å². The standard InChI is InChI=1S/C15H24N4O/c1-3-6-18-7-9-19(10-8-18)15(20)14-5-4-13(17-16)11-12(14)2/h4-5,11,17H,3,6-10,16H2,1-2H3. The maximum Gasteiger partial charge on any atom is 0.254 e. The summed E-state index contributed by atoms with van der Waals surface area (Å²) in [7, 11) is 0. The number of benzene rings is 1. The minimum atomic E-state index is 0.127. The Hall–Kier alpha value is -1.59. The zero-order chi connectivity index (χ0) is 14.5. The summed E-state index contributed by atoms with van der Waals surface area (Å²) in [5.41, 5.74) is 5.16. The van der Waals surface area contributed by atoms with Crippen LogP contribution < -0.4 is 11.3 Å². The predicted octanol–water partition coefficient (Wildman–Crippen LogP) is 1.45. The van der Waals surface area contributed by atoms with Gasteiger partial charge in [0.1, 0.15) is 0 Å². The van der Waals surface area contributed by atoms with Gasteiger partial charge < -0.3 is 10.3 Å². The molecule has 0 aromatic heterocycles. The fraction of sp³-hybridized carbons (Fsp3) is 0.533. The van der Waals surface area contributed by atoms with Crippen LogP contribution in [-0.4, -0.2) is 48.4 Å². The molecule has 3 N–H and O–H groups in total. The Morgan fingerprint density at radius 2 is 2.00 bits per heavy atom. The largest absolute Gasteiger partial charge is 0.336 e. The second-order valence-electron chi connectivity index (χ2n) is 5.31. The third-order valence-electron chi connectivity index (χ3n) is 3.82. The van der Waals surface area contributed by atoms with Crippen LogP contribution in [0.15, 0.2) is 18.2 Å². The summed E-state index contributed by atoms with van der Waals surface area (Å²) in [6, 6.07) is 5.60. The Kier molecular flexibility index (Phi) is 4.98. The highest BCUT2D eigenvalue weighted by atomic mass is 16.2. The van der Waals surface area contributed by atoms with E-state index in [9.17, 15) is 4.79 Å². The molecule has 1 amide bonds. The van der Waals surface area contributed by atoms with Gasteiger partial charge in [0.2, 0.25) is 0 Å². The van der Waals surface area contributed by atoms with Gasteiger partial charge in [-0.25, -0.2) is 0 Å². The molecule has 1 aromatic rings. The summed E-state index contributed by atoms with van der Waals surface area (Å²) in [4.78, 5) is 16.9. The van der Waals surface area contributed by atoms with Gasteiger partial charge in [-0.05, 0) is 43.7 Å². The summed E-state index contributed by atoms with van der Waals surface area (Å²) in [6.45, 7) is 8.83. The number of carbonyl (C=O) groups excluding carboxylic acids is 1.